The van der Waals surface area contributed by atoms with E-state index < -0.39 is 24.7 Å². The highest BCUT2D eigenvalue weighted by Crippen LogP contribution is 2.35. The first-order valence-corrected chi connectivity index (χ1v) is 10.3. The molecule has 0 aliphatic carbocycles. The molecule has 9 nitrogen and oxygen atoms in total. The van der Waals surface area contributed by atoms with E-state index in [9.17, 15) is 22.8 Å². The predicted molar refractivity (Wildman–Crippen MR) is 114 cm³/mol. The molecule has 178 valence electrons. The molecule has 0 saturated carbocycles. The summed E-state index contributed by atoms with van der Waals surface area (Å²) in [6.07, 6.45) is 1.11. The monoisotopic (exact) mass is 494 g/mol. The van der Waals surface area contributed by atoms with Crippen molar-refractivity contribution in [2.75, 3.05) is 11.9 Å². The molecule has 1 unspecified atom stereocenters. The van der Waals surface area contributed by atoms with Gasteiger partial charge < -0.3 is 19.5 Å². The van der Waals surface area contributed by atoms with Gasteiger partial charge >= 0.3 is 6.18 Å². The molecule has 0 aromatic carbocycles. The van der Waals surface area contributed by atoms with Crippen LogP contribution in [0.3, 0.4) is 0 Å². The van der Waals surface area contributed by atoms with Crippen LogP contribution in [-0.2, 0) is 13.6 Å². The van der Waals surface area contributed by atoms with Gasteiger partial charge in [0.15, 0.2) is 6.61 Å². The quantitative estimate of drug-likeness (QED) is 0.559. The summed E-state index contributed by atoms with van der Waals surface area (Å²) in [7, 11) is 1.68. The molecular weight excluding hydrogens is 477 g/mol. The third-order valence-electron chi connectivity index (χ3n) is 5.31. The summed E-state index contributed by atoms with van der Waals surface area (Å²) < 4.78 is 43.4. The summed E-state index contributed by atoms with van der Waals surface area (Å²) in [6, 6.07) is 2.44. The summed E-state index contributed by atoms with van der Waals surface area (Å²) >= 11 is 6.06. The zero-order valence-electron chi connectivity index (χ0n) is 17.9. The van der Waals surface area contributed by atoms with Crippen LogP contribution in [0.4, 0.5) is 19.0 Å². The molecule has 1 N–H and O–H groups in total. The van der Waals surface area contributed by atoms with Gasteiger partial charge in [-0.1, -0.05) is 11.6 Å². The standard InChI is InChI=1S/C21H18ClF3N6O3/c1-11(12-5-15(22)19(28-6-12)34-9-21(23,24)25)31-8-14-13(20(31)33)3-4-27-17(14)29-18(32)16-7-26-10-30(16)2/h3-7,10-11H,8-9H2,1-2H3,(H,27,29,32). The van der Waals surface area contributed by atoms with Crippen molar-refractivity contribution in [3.8, 4) is 5.88 Å². The topological polar surface area (TPSA) is 102 Å². The number of hydrogen-bond acceptors (Lipinski definition) is 6. The first-order valence-electron chi connectivity index (χ1n) is 9.96. The molecule has 0 saturated heterocycles. The lowest BCUT2D eigenvalue weighted by Crippen LogP contribution is -2.27. The Bertz CT molecular complexity index is 1260. The fourth-order valence-corrected chi connectivity index (χ4v) is 3.75. The van der Waals surface area contributed by atoms with Crippen molar-refractivity contribution in [1.29, 1.82) is 0 Å². The molecule has 13 heteroatoms. The van der Waals surface area contributed by atoms with Crippen LogP contribution in [0, 0.1) is 0 Å². The molecule has 34 heavy (non-hydrogen) atoms. The number of hydrogen-bond donors (Lipinski definition) is 1. The molecule has 0 spiro atoms. The smallest absolute Gasteiger partial charge is 0.422 e. The second kappa shape index (κ2) is 8.93. The lowest BCUT2D eigenvalue weighted by atomic mass is 10.1. The number of rotatable bonds is 6. The van der Waals surface area contributed by atoms with E-state index in [1.807, 2.05) is 0 Å². The Morgan fingerprint density at radius 2 is 2.09 bits per heavy atom. The van der Waals surface area contributed by atoms with E-state index in [2.05, 4.69) is 25.0 Å². The second-order valence-corrected chi connectivity index (χ2v) is 8.01. The van der Waals surface area contributed by atoms with E-state index >= 15 is 0 Å². The summed E-state index contributed by atoms with van der Waals surface area (Å²) in [5.74, 6) is -0.825. The van der Waals surface area contributed by atoms with Crippen molar-refractivity contribution in [3.05, 3.63) is 64.5 Å². The molecule has 0 bridgehead atoms. The van der Waals surface area contributed by atoms with Crippen LogP contribution in [0.2, 0.25) is 5.02 Å². The van der Waals surface area contributed by atoms with Crippen molar-refractivity contribution in [2.24, 2.45) is 7.05 Å². The Kier molecular flexibility index (Phi) is 6.17. The normalized spacial score (nSPS) is 14.2. The van der Waals surface area contributed by atoms with Gasteiger partial charge in [0.2, 0.25) is 5.88 Å². The highest BCUT2D eigenvalue weighted by molar-refractivity contribution is 6.31. The van der Waals surface area contributed by atoms with Crippen molar-refractivity contribution < 1.29 is 27.5 Å². The van der Waals surface area contributed by atoms with E-state index in [-0.39, 0.29) is 29.2 Å². The zero-order valence-corrected chi connectivity index (χ0v) is 18.7. The third kappa shape index (κ3) is 4.67. The minimum absolute atomic E-state index is 0.108. The summed E-state index contributed by atoms with van der Waals surface area (Å²) in [5, 5.41) is 2.61. The average molecular weight is 495 g/mol. The minimum Gasteiger partial charge on any atom is -0.467 e. The van der Waals surface area contributed by atoms with Crippen LogP contribution < -0.4 is 10.1 Å². The van der Waals surface area contributed by atoms with Crippen molar-refractivity contribution in [2.45, 2.75) is 25.7 Å². The number of alkyl halides is 3. The fourth-order valence-electron chi connectivity index (χ4n) is 3.52. The number of aromatic nitrogens is 4. The van der Waals surface area contributed by atoms with Crippen LogP contribution in [0.1, 0.15) is 44.9 Å². The second-order valence-electron chi connectivity index (χ2n) is 7.60. The van der Waals surface area contributed by atoms with E-state index in [0.717, 1.165) is 0 Å². The Morgan fingerprint density at radius 3 is 2.74 bits per heavy atom. The Balaban J connectivity index is 1.53. The van der Waals surface area contributed by atoms with Crippen LogP contribution in [0.15, 0.2) is 37.1 Å². The molecule has 0 fully saturated rings. The van der Waals surface area contributed by atoms with Gasteiger partial charge in [-0.15, -0.1) is 0 Å². The van der Waals surface area contributed by atoms with Crippen molar-refractivity contribution >= 4 is 29.2 Å². The summed E-state index contributed by atoms with van der Waals surface area (Å²) in [6.45, 7) is 0.359. The Morgan fingerprint density at radius 1 is 1.32 bits per heavy atom. The van der Waals surface area contributed by atoms with Gasteiger partial charge in [0.25, 0.3) is 11.8 Å². The number of fused-ring (bicyclic) bond motifs is 1. The first kappa shape index (κ1) is 23.5. The maximum atomic E-state index is 13.1. The van der Waals surface area contributed by atoms with Crippen molar-refractivity contribution in [3.63, 3.8) is 0 Å². The largest absolute Gasteiger partial charge is 0.467 e. The number of pyridine rings is 2. The number of nitrogens with zero attached hydrogens (tertiary/aromatic N) is 5. The molecule has 1 aliphatic heterocycles. The number of carbonyl (C=O) groups is 2. The molecule has 4 heterocycles. The number of imidazole rings is 1. The molecule has 2 amide bonds. The Hall–Kier alpha value is -3.67. The lowest BCUT2D eigenvalue weighted by Gasteiger charge is -2.25. The molecule has 3 aromatic heterocycles. The van der Waals surface area contributed by atoms with Gasteiger partial charge in [0.1, 0.15) is 16.5 Å². The van der Waals surface area contributed by atoms with Gasteiger partial charge in [-0.05, 0) is 24.6 Å². The van der Waals surface area contributed by atoms with E-state index in [0.29, 0.717) is 22.4 Å². The van der Waals surface area contributed by atoms with E-state index in [1.165, 1.54) is 35.9 Å². The number of amides is 2. The highest BCUT2D eigenvalue weighted by atomic mass is 35.5. The van der Waals surface area contributed by atoms with Crippen molar-refractivity contribution in [1.82, 2.24) is 24.4 Å². The number of nitrogens with one attached hydrogen (secondary N) is 1. The van der Waals surface area contributed by atoms with Gasteiger partial charge in [-0.25, -0.2) is 15.0 Å². The first-order chi connectivity index (χ1) is 16.0. The van der Waals surface area contributed by atoms with E-state index in [1.54, 1.807) is 24.6 Å². The Labute approximate surface area is 196 Å². The van der Waals surface area contributed by atoms with Gasteiger partial charge in [0.05, 0.1) is 25.1 Å². The zero-order chi connectivity index (χ0) is 24.6. The summed E-state index contributed by atoms with van der Waals surface area (Å²) in [5.41, 5.74) is 1.74. The maximum Gasteiger partial charge on any atom is 0.422 e. The average Bonchev–Trinajstić information content (AvgIpc) is 3.35. The molecule has 0 radical (unpaired) electrons. The number of anilines is 1. The SMILES string of the molecule is CC(c1cnc(OCC(F)(F)F)c(Cl)c1)N1Cc2c(ccnc2NC(=O)c2cncn2C)C1=O. The highest BCUT2D eigenvalue weighted by Gasteiger charge is 2.35. The van der Waals surface area contributed by atoms with Gasteiger partial charge in [-0.2, -0.15) is 13.2 Å². The third-order valence-corrected chi connectivity index (χ3v) is 5.58. The van der Waals surface area contributed by atoms with Crippen LogP contribution >= 0.6 is 11.6 Å². The maximum absolute atomic E-state index is 13.1. The molecule has 1 aliphatic rings. The minimum atomic E-state index is -4.53. The summed E-state index contributed by atoms with van der Waals surface area (Å²) in [4.78, 5) is 39.2. The van der Waals surface area contributed by atoms with E-state index in [4.69, 9.17) is 11.6 Å². The van der Waals surface area contributed by atoms with Crippen LogP contribution in [-0.4, -0.2) is 49.0 Å². The predicted octanol–water partition coefficient (Wildman–Crippen LogP) is 3.77. The lowest BCUT2D eigenvalue weighted by molar-refractivity contribution is -0.154. The van der Waals surface area contributed by atoms with Crippen LogP contribution in [0.25, 0.3) is 0 Å². The molecule has 4 rings (SSSR count). The van der Waals surface area contributed by atoms with Gasteiger partial charge in [0, 0.05) is 30.6 Å². The fraction of sp³-hybridized carbons (Fsp3) is 0.286. The van der Waals surface area contributed by atoms with Crippen LogP contribution in [0.5, 0.6) is 5.88 Å². The molecule has 3 aromatic rings. The number of halogens is 4. The number of aryl methyl sites for hydroxylation is 1. The molecule has 1 atom stereocenters. The number of ether oxygens (including phenoxy) is 1. The van der Waals surface area contributed by atoms with Gasteiger partial charge in [-0.3, -0.25) is 9.59 Å². The number of carbonyl (C=O) groups excluding carboxylic acids is 2. The molecular formula is C21H18ClF3N6O3.